The number of unbranched alkanes of at least 4 members (excludes halogenated alkanes) is 2. The lowest BCUT2D eigenvalue weighted by molar-refractivity contribution is -0.132. The van der Waals surface area contributed by atoms with Crippen LogP contribution in [0.5, 0.6) is 0 Å². The van der Waals surface area contributed by atoms with Crippen molar-refractivity contribution in [3.8, 4) is 0 Å². The van der Waals surface area contributed by atoms with Crippen LogP contribution < -0.4 is 5.32 Å². The van der Waals surface area contributed by atoms with Crippen LogP contribution in [0.4, 0.5) is 0 Å². The van der Waals surface area contributed by atoms with E-state index in [4.69, 9.17) is 9.84 Å². The number of carbonyl (C=O) groups excluding carboxylic acids is 2. The Labute approximate surface area is 115 Å². The highest BCUT2D eigenvalue weighted by molar-refractivity contribution is 5.76. The summed E-state index contributed by atoms with van der Waals surface area (Å²) in [6.07, 6.45) is 3.06. The van der Waals surface area contributed by atoms with Crippen LogP contribution in [0.3, 0.4) is 0 Å². The highest BCUT2D eigenvalue weighted by Gasteiger charge is 2.11. The molecule has 6 nitrogen and oxygen atoms in total. The third kappa shape index (κ3) is 10.5. The van der Waals surface area contributed by atoms with Crippen molar-refractivity contribution in [1.29, 1.82) is 0 Å². The van der Waals surface area contributed by atoms with E-state index in [9.17, 15) is 9.59 Å². The molecule has 0 aliphatic heterocycles. The van der Waals surface area contributed by atoms with Gasteiger partial charge in [-0.05, 0) is 12.8 Å². The van der Waals surface area contributed by atoms with Gasteiger partial charge in [-0.3, -0.25) is 9.59 Å². The van der Waals surface area contributed by atoms with Gasteiger partial charge < -0.3 is 20.1 Å². The number of aliphatic hydroxyl groups excluding tert-OH is 1. The quantitative estimate of drug-likeness (QED) is 0.526. The van der Waals surface area contributed by atoms with Gasteiger partial charge in [0.2, 0.25) is 11.8 Å². The molecule has 2 N–H and O–H groups in total. The van der Waals surface area contributed by atoms with E-state index in [0.29, 0.717) is 32.7 Å². The van der Waals surface area contributed by atoms with E-state index in [2.05, 4.69) is 5.32 Å². The highest BCUT2D eigenvalue weighted by Crippen LogP contribution is 2.03. The Morgan fingerprint density at radius 1 is 1.21 bits per heavy atom. The fourth-order valence-corrected chi connectivity index (χ4v) is 1.68. The molecule has 6 heteroatoms. The largest absolute Gasteiger partial charge is 0.395 e. The van der Waals surface area contributed by atoms with Gasteiger partial charge in [0.25, 0.3) is 0 Å². The molecule has 0 unspecified atom stereocenters. The third-order valence-electron chi connectivity index (χ3n) is 2.73. The Bertz CT molecular complexity index is 259. The first-order chi connectivity index (χ1) is 9.11. The van der Waals surface area contributed by atoms with Gasteiger partial charge in [0.15, 0.2) is 0 Å². The van der Waals surface area contributed by atoms with E-state index in [1.807, 2.05) is 0 Å². The summed E-state index contributed by atoms with van der Waals surface area (Å²) >= 11 is 0. The Morgan fingerprint density at radius 2 is 1.95 bits per heavy atom. The number of methoxy groups -OCH3 is 1. The number of nitrogens with zero attached hydrogens (tertiary/aromatic N) is 1. The number of hydrogen-bond donors (Lipinski definition) is 2. The summed E-state index contributed by atoms with van der Waals surface area (Å²) in [6, 6.07) is 0. The van der Waals surface area contributed by atoms with Crippen molar-refractivity contribution in [3.05, 3.63) is 0 Å². The second kappa shape index (κ2) is 11.9. The Balaban J connectivity index is 3.70. The lowest BCUT2D eigenvalue weighted by Gasteiger charge is -2.21. The molecule has 0 aromatic heterocycles. The zero-order valence-electron chi connectivity index (χ0n) is 12.0. The first kappa shape index (κ1) is 17.9. The highest BCUT2D eigenvalue weighted by atomic mass is 16.5. The molecule has 0 saturated carbocycles. The van der Waals surface area contributed by atoms with Crippen molar-refractivity contribution in [1.82, 2.24) is 10.2 Å². The van der Waals surface area contributed by atoms with Crippen LogP contribution in [0.2, 0.25) is 0 Å². The second-order valence-corrected chi connectivity index (χ2v) is 4.39. The van der Waals surface area contributed by atoms with Gasteiger partial charge in [-0.1, -0.05) is 6.42 Å². The monoisotopic (exact) mass is 274 g/mol. The van der Waals surface area contributed by atoms with Gasteiger partial charge in [0.05, 0.1) is 13.2 Å². The number of rotatable bonds is 11. The smallest absolute Gasteiger partial charge is 0.222 e. The molecule has 19 heavy (non-hydrogen) atoms. The molecule has 0 radical (unpaired) electrons. The lowest BCUT2D eigenvalue weighted by atomic mass is 10.1. The Morgan fingerprint density at radius 3 is 2.53 bits per heavy atom. The molecule has 0 aromatic carbocycles. The number of ether oxygens (including phenoxy) is 1. The molecule has 0 aromatic rings. The van der Waals surface area contributed by atoms with Crippen molar-refractivity contribution in [2.45, 2.75) is 32.6 Å². The minimum atomic E-state index is -0.0298. The Hall–Kier alpha value is -1.14. The average molecular weight is 274 g/mol. The van der Waals surface area contributed by atoms with E-state index >= 15 is 0 Å². The summed E-state index contributed by atoms with van der Waals surface area (Å²) in [5, 5.41) is 11.6. The maximum absolute atomic E-state index is 11.9. The molecule has 112 valence electrons. The van der Waals surface area contributed by atoms with Crippen LogP contribution in [0.25, 0.3) is 0 Å². The standard InChI is InChI=1S/C13H26N2O4/c1-12(17)14-7-5-3-4-6-13(18)15(8-10-16)9-11-19-2/h16H,3-11H2,1-2H3,(H,14,17). The molecule has 0 spiro atoms. The zero-order valence-corrected chi connectivity index (χ0v) is 12.0. The van der Waals surface area contributed by atoms with E-state index < -0.39 is 0 Å². The van der Waals surface area contributed by atoms with Crippen LogP contribution in [-0.2, 0) is 14.3 Å². The van der Waals surface area contributed by atoms with Gasteiger partial charge in [-0.15, -0.1) is 0 Å². The predicted octanol–water partition coefficient (Wildman–Crippen LogP) is 0.150. The minimum Gasteiger partial charge on any atom is -0.395 e. The number of amides is 2. The summed E-state index contributed by atoms with van der Waals surface area (Å²) in [7, 11) is 1.59. The SMILES string of the molecule is COCCN(CCO)C(=O)CCCCCNC(C)=O. The maximum Gasteiger partial charge on any atom is 0.222 e. The fourth-order valence-electron chi connectivity index (χ4n) is 1.68. The summed E-state index contributed by atoms with van der Waals surface area (Å²) in [4.78, 5) is 24.1. The van der Waals surface area contributed by atoms with Gasteiger partial charge in [0.1, 0.15) is 0 Å². The predicted molar refractivity (Wildman–Crippen MR) is 72.7 cm³/mol. The van der Waals surface area contributed by atoms with Crippen LogP contribution in [0.1, 0.15) is 32.6 Å². The number of nitrogens with one attached hydrogen (secondary N) is 1. The van der Waals surface area contributed by atoms with E-state index in [1.165, 1.54) is 6.92 Å². The number of aliphatic hydroxyl groups is 1. The normalized spacial score (nSPS) is 10.3. The van der Waals surface area contributed by atoms with Crippen molar-refractivity contribution in [3.63, 3.8) is 0 Å². The van der Waals surface area contributed by atoms with Crippen LogP contribution >= 0.6 is 0 Å². The van der Waals surface area contributed by atoms with Crippen LogP contribution in [0.15, 0.2) is 0 Å². The van der Waals surface area contributed by atoms with Gasteiger partial charge in [-0.25, -0.2) is 0 Å². The van der Waals surface area contributed by atoms with Gasteiger partial charge in [0, 0.05) is 40.1 Å². The average Bonchev–Trinajstić information content (AvgIpc) is 2.38. The molecule has 0 aliphatic carbocycles. The lowest BCUT2D eigenvalue weighted by Crippen LogP contribution is -2.36. The van der Waals surface area contributed by atoms with E-state index in [0.717, 1.165) is 19.3 Å². The van der Waals surface area contributed by atoms with Gasteiger partial charge >= 0.3 is 0 Å². The van der Waals surface area contributed by atoms with Crippen molar-refractivity contribution in [2.75, 3.05) is 40.0 Å². The Kier molecular flexibility index (Phi) is 11.2. The molecule has 0 bridgehead atoms. The minimum absolute atomic E-state index is 0.0234. The second-order valence-electron chi connectivity index (χ2n) is 4.39. The molecule has 0 saturated heterocycles. The molecular formula is C13H26N2O4. The summed E-state index contributed by atoms with van der Waals surface area (Å²) < 4.78 is 4.93. The fraction of sp³-hybridized carbons (Fsp3) is 0.846. The number of hydrogen-bond acceptors (Lipinski definition) is 4. The number of carbonyl (C=O) groups is 2. The zero-order chi connectivity index (χ0) is 14.5. The van der Waals surface area contributed by atoms with Crippen molar-refractivity contribution >= 4 is 11.8 Å². The molecule has 0 atom stereocenters. The molecule has 0 aliphatic rings. The topological polar surface area (TPSA) is 78.9 Å². The molecule has 0 heterocycles. The van der Waals surface area contributed by atoms with Crippen molar-refractivity contribution in [2.24, 2.45) is 0 Å². The summed E-state index contributed by atoms with van der Waals surface area (Å²) in [6.45, 7) is 3.47. The summed E-state index contributed by atoms with van der Waals surface area (Å²) in [5.41, 5.74) is 0. The first-order valence-electron chi connectivity index (χ1n) is 6.73. The van der Waals surface area contributed by atoms with E-state index in [1.54, 1.807) is 12.0 Å². The van der Waals surface area contributed by atoms with Gasteiger partial charge in [-0.2, -0.15) is 0 Å². The molecular weight excluding hydrogens is 248 g/mol. The van der Waals surface area contributed by atoms with Crippen LogP contribution in [0, 0.1) is 0 Å². The first-order valence-corrected chi connectivity index (χ1v) is 6.73. The van der Waals surface area contributed by atoms with Crippen LogP contribution in [-0.4, -0.2) is 61.8 Å². The molecule has 0 rings (SSSR count). The summed E-state index contributed by atoms with van der Waals surface area (Å²) in [5.74, 6) is 0.0235. The molecule has 0 fully saturated rings. The molecule has 2 amide bonds. The van der Waals surface area contributed by atoms with E-state index in [-0.39, 0.29) is 18.4 Å². The van der Waals surface area contributed by atoms with Crippen molar-refractivity contribution < 1.29 is 19.4 Å². The third-order valence-corrected chi connectivity index (χ3v) is 2.73. The maximum atomic E-state index is 11.9.